The van der Waals surface area contributed by atoms with Gasteiger partial charge in [-0.05, 0) is 47.9 Å². The molecule has 206 valence electrons. The van der Waals surface area contributed by atoms with Gasteiger partial charge in [-0.25, -0.2) is 15.0 Å². The molecule has 3 aromatic heterocycles. The van der Waals surface area contributed by atoms with E-state index in [9.17, 15) is 4.79 Å². The quantitative estimate of drug-likeness (QED) is 0.284. The zero-order valence-corrected chi connectivity index (χ0v) is 24.9. The zero-order chi connectivity index (χ0) is 27.9. The van der Waals surface area contributed by atoms with Crippen molar-refractivity contribution in [1.82, 2.24) is 24.4 Å². The van der Waals surface area contributed by atoms with Crippen molar-refractivity contribution in [3.05, 3.63) is 58.3 Å². The van der Waals surface area contributed by atoms with Crippen LogP contribution in [0.4, 0.5) is 0 Å². The molecule has 39 heavy (non-hydrogen) atoms. The molecule has 1 saturated heterocycles. The summed E-state index contributed by atoms with van der Waals surface area (Å²) in [4.78, 5) is 28.9. The molecule has 1 aliphatic heterocycles. The lowest BCUT2D eigenvalue weighted by molar-refractivity contribution is -0.132. The first-order valence-corrected chi connectivity index (χ1v) is 14.6. The van der Waals surface area contributed by atoms with Crippen molar-refractivity contribution in [2.24, 2.45) is 0 Å². The Morgan fingerprint density at radius 1 is 1.05 bits per heavy atom. The predicted octanol–water partition coefficient (Wildman–Crippen LogP) is 6.56. The summed E-state index contributed by atoms with van der Waals surface area (Å²) in [6, 6.07) is 8.28. The molecule has 5 rings (SSSR count). The van der Waals surface area contributed by atoms with Crippen molar-refractivity contribution in [2.75, 3.05) is 20.2 Å². The number of benzene rings is 1. The van der Waals surface area contributed by atoms with Crippen LogP contribution in [-0.4, -0.2) is 50.5 Å². The number of methoxy groups -OCH3 is 1. The molecule has 1 amide bonds. The number of amides is 1. The van der Waals surface area contributed by atoms with E-state index in [1.54, 1.807) is 31.0 Å². The topological polar surface area (TPSA) is 73.1 Å². The van der Waals surface area contributed by atoms with Gasteiger partial charge in [0.2, 0.25) is 5.91 Å². The normalized spacial score (nSPS) is 15.2. The molecular formula is C31H39N5O2S. The molecule has 0 radical (unpaired) electrons. The fourth-order valence-corrected chi connectivity index (χ4v) is 6.35. The first-order chi connectivity index (χ1) is 18.5. The van der Waals surface area contributed by atoms with Crippen LogP contribution < -0.4 is 4.74 Å². The largest absolute Gasteiger partial charge is 0.496 e. The molecule has 1 aromatic carbocycles. The highest BCUT2D eigenvalue weighted by Gasteiger charge is 2.29. The molecule has 0 N–H and O–H groups in total. The summed E-state index contributed by atoms with van der Waals surface area (Å²) in [7, 11) is 1.77. The van der Waals surface area contributed by atoms with E-state index in [0.717, 1.165) is 59.1 Å². The lowest BCUT2D eigenvalue weighted by Gasteiger charge is -2.31. The Morgan fingerprint density at radius 2 is 1.72 bits per heavy atom. The van der Waals surface area contributed by atoms with Crippen LogP contribution in [0.5, 0.6) is 5.75 Å². The number of thiazole rings is 1. The zero-order valence-electron chi connectivity index (χ0n) is 24.1. The van der Waals surface area contributed by atoms with Crippen LogP contribution in [0, 0.1) is 0 Å². The highest BCUT2D eigenvalue weighted by molar-refractivity contribution is 7.10. The first-order valence-electron chi connectivity index (χ1n) is 13.7. The van der Waals surface area contributed by atoms with Gasteiger partial charge in [0, 0.05) is 47.3 Å². The second kappa shape index (κ2) is 10.4. The maximum Gasteiger partial charge on any atom is 0.242 e. The minimum Gasteiger partial charge on any atom is -0.496 e. The minimum atomic E-state index is -0.0569. The molecule has 4 aromatic rings. The van der Waals surface area contributed by atoms with E-state index in [1.807, 2.05) is 21.6 Å². The summed E-state index contributed by atoms with van der Waals surface area (Å²) in [6.45, 7) is 15.1. The number of rotatable bonds is 5. The third-order valence-electron chi connectivity index (χ3n) is 7.60. The Labute approximate surface area is 235 Å². The van der Waals surface area contributed by atoms with Crippen LogP contribution in [-0.2, 0) is 22.2 Å². The standard InChI is InChI=1S/C31H39N5O2S/c1-30(2,3)22-15-21(16-23(27(22)38-7)31(4,5)6)25-18-39-29(34-25)20-10-13-35(14-11-20)26(37)17-36-19-33-24-9-8-12-32-28(24)36/h8-9,12,15-16,18-20H,10-11,13-14,17H2,1-7H3. The number of nitrogens with zero attached hydrogens (tertiary/aromatic N) is 5. The number of piperidine rings is 1. The third-order valence-corrected chi connectivity index (χ3v) is 8.61. The van der Waals surface area contributed by atoms with Crippen LogP contribution >= 0.6 is 11.3 Å². The highest BCUT2D eigenvalue weighted by Crippen LogP contribution is 2.43. The second-order valence-electron chi connectivity index (χ2n) is 12.5. The molecule has 0 bridgehead atoms. The van der Waals surface area contributed by atoms with Gasteiger partial charge in [-0.3, -0.25) is 4.79 Å². The maximum absolute atomic E-state index is 13.0. The SMILES string of the molecule is COc1c(C(C)(C)C)cc(-c2csc(C3CCN(C(=O)Cn4cnc5cccnc54)CC3)n2)cc1C(C)(C)C. The van der Waals surface area contributed by atoms with Gasteiger partial charge < -0.3 is 14.2 Å². The van der Waals surface area contributed by atoms with E-state index in [2.05, 4.69) is 69.0 Å². The summed E-state index contributed by atoms with van der Waals surface area (Å²) in [5.74, 6) is 1.46. The average molecular weight is 546 g/mol. The van der Waals surface area contributed by atoms with Gasteiger partial charge in [0.05, 0.1) is 24.1 Å². The van der Waals surface area contributed by atoms with Crippen LogP contribution in [0.3, 0.4) is 0 Å². The average Bonchev–Trinajstić information content (AvgIpc) is 3.55. The summed E-state index contributed by atoms with van der Waals surface area (Å²) in [6.07, 6.45) is 5.28. The van der Waals surface area contributed by atoms with E-state index in [0.29, 0.717) is 5.92 Å². The predicted molar refractivity (Wildman–Crippen MR) is 158 cm³/mol. The lowest BCUT2D eigenvalue weighted by atomic mass is 9.78. The Hall–Kier alpha value is -3.26. The number of aromatic nitrogens is 4. The molecule has 0 atom stereocenters. The van der Waals surface area contributed by atoms with Crippen LogP contribution in [0.15, 0.2) is 42.2 Å². The molecule has 1 aliphatic rings. The maximum atomic E-state index is 13.0. The lowest BCUT2D eigenvalue weighted by Crippen LogP contribution is -2.39. The Kier molecular flexibility index (Phi) is 7.27. The Bertz CT molecular complexity index is 1450. The van der Waals surface area contributed by atoms with Gasteiger partial charge >= 0.3 is 0 Å². The van der Waals surface area contributed by atoms with E-state index in [1.165, 1.54) is 11.1 Å². The summed E-state index contributed by atoms with van der Waals surface area (Å²) in [5, 5.41) is 3.34. The number of hydrogen-bond donors (Lipinski definition) is 0. The number of carbonyl (C=O) groups excluding carboxylic acids is 1. The summed E-state index contributed by atoms with van der Waals surface area (Å²) >= 11 is 1.74. The monoisotopic (exact) mass is 545 g/mol. The molecule has 0 aliphatic carbocycles. The van der Waals surface area contributed by atoms with Crippen molar-refractivity contribution >= 4 is 28.4 Å². The highest BCUT2D eigenvalue weighted by atomic mass is 32.1. The summed E-state index contributed by atoms with van der Waals surface area (Å²) in [5.41, 5.74) is 6.01. The fourth-order valence-electron chi connectivity index (χ4n) is 5.35. The van der Waals surface area contributed by atoms with Gasteiger partial charge in [0.25, 0.3) is 0 Å². The van der Waals surface area contributed by atoms with Crippen LogP contribution in [0.25, 0.3) is 22.4 Å². The van der Waals surface area contributed by atoms with Crippen molar-refractivity contribution < 1.29 is 9.53 Å². The van der Waals surface area contributed by atoms with Gasteiger partial charge in [-0.1, -0.05) is 41.5 Å². The molecular weight excluding hydrogens is 506 g/mol. The number of pyridine rings is 1. The van der Waals surface area contributed by atoms with E-state index in [4.69, 9.17) is 9.72 Å². The van der Waals surface area contributed by atoms with Crippen molar-refractivity contribution in [2.45, 2.75) is 77.7 Å². The smallest absolute Gasteiger partial charge is 0.242 e. The van der Waals surface area contributed by atoms with Gasteiger partial charge in [-0.15, -0.1) is 11.3 Å². The second-order valence-corrected chi connectivity index (χ2v) is 13.4. The van der Waals surface area contributed by atoms with Crippen molar-refractivity contribution in [3.63, 3.8) is 0 Å². The molecule has 0 unspecified atom stereocenters. The molecule has 8 heteroatoms. The van der Waals surface area contributed by atoms with Crippen molar-refractivity contribution in [3.8, 4) is 17.0 Å². The molecule has 4 heterocycles. The molecule has 0 saturated carbocycles. The number of carbonyl (C=O) groups is 1. The Balaban J connectivity index is 1.31. The van der Waals surface area contributed by atoms with Gasteiger partial charge in [-0.2, -0.15) is 0 Å². The molecule has 1 fully saturated rings. The third kappa shape index (κ3) is 5.57. The minimum absolute atomic E-state index is 0.0569. The Morgan fingerprint density at radius 3 is 2.33 bits per heavy atom. The van der Waals surface area contributed by atoms with Gasteiger partial charge in [0.15, 0.2) is 5.65 Å². The number of ether oxygens (including phenoxy) is 1. The molecule has 0 spiro atoms. The number of fused-ring (bicyclic) bond motifs is 1. The number of imidazole rings is 1. The van der Waals surface area contributed by atoms with Crippen LogP contribution in [0.2, 0.25) is 0 Å². The summed E-state index contributed by atoms with van der Waals surface area (Å²) < 4.78 is 7.78. The number of likely N-dealkylation sites (tertiary alicyclic amines) is 1. The first kappa shape index (κ1) is 27.3. The van der Waals surface area contributed by atoms with E-state index >= 15 is 0 Å². The fraction of sp³-hybridized carbons (Fsp3) is 0.484. The molecule has 7 nitrogen and oxygen atoms in total. The van der Waals surface area contributed by atoms with E-state index in [-0.39, 0.29) is 23.3 Å². The van der Waals surface area contributed by atoms with Crippen LogP contribution in [0.1, 0.15) is 76.4 Å². The number of hydrogen-bond acceptors (Lipinski definition) is 6. The van der Waals surface area contributed by atoms with Gasteiger partial charge in [0.1, 0.15) is 17.8 Å². The van der Waals surface area contributed by atoms with Crippen molar-refractivity contribution in [1.29, 1.82) is 0 Å². The van der Waals surface area contributed by atoms with E-state index < -0.39 is 0 Å².